The molecule has 6 aromatic rings. The predicted octanol–water partition coefficient (Wildman–Crippen LogP) is 9.95. The van der Waals surface area contributed by atoms with E-state index in [0.29, 0.717) is 5.75 Å². The summed E-state index contributed by atoms with van der Waals surface area (Å²) in [5, 5.41) is 8.00. The Morgan fingerprint density at radius 2 is 1.59 bits per heavy atom. The molecule has 0 radical (unpaired) electrons. The Labute approximate surface area is 233 Å². The lowest BCUT2D eigenvalue weighted by molar-refractivity contribution is -0.129. The van der Waals surface area contributed by atoms with Gasteiger partial charge in [0.15, 0.2) is 0 Å². The Kier molecular flexibility index (Phi) is 6.70. The zero-order chi connectivity index (χ0) is 25.4. The van der Waals surface area contributed by atoms with Crippen molar-refractivity contribution in [2.24, 2.45) is 0 Å². The first-order chi connectivity index (χ1) is 18.1. The van der Waals surface area contributed by atoms with Crippen LogP contribution < -0.4 is 4.74 Å². The lowest BCUT2D eigenvalue weighted by Gasteiger charge is -2.15. The van der Waals surface area contributed by atoms with Gasteiger partial charge in [0, 0.05) is 35.7 Å². The van der Waals surface area contributed by atoms with Crippen LogP contribution in [-0.4, -0.2) is 5.97 Å². The number of para-hydroxylation sites is 1. The molecular weight excluding hydrogens is 587 g/mol. The first-order valence-corrected chi connectivity index (χ1v) is 14.5. The van der Waals surface area contributed by atoms with Gasteiger partial charge in [-0.2, -0.15) is 0 Å². The summed E-state index contributed by atoms with van der Waals surface area (Å²) in [5.41, 5.74) is 2.46. The van der Waals surface area contributed by atoms with Gasteiger partial charge in [-0.15, -0.1) is 11.3 Å². The quantitative estimate of drug-likeness (QED) is 0.0590. The molecular formula is C33H25IO2S. The van der Waals surface area contributed by atoms with Crippen LogP contribution in [0.3, 0.4) is 0 Å². The molecule has 0 bridgehead atoms. The summed E-state index contributed by atoms with van der Waals surface area (Å²) in [7, 11) is 0. The smallest absolute Gasteiger partial charge is 0.335 e. The molecule has 5 aromatic carbocycles. The van der Waals surface area contributed by atoms with E-state index < -0.39 is 5.97 Å². The van der Waals surface area contributed by atoms with Crippen LogP contribution in [0.15, 0.2) is 104 Å². The zero-order valence-electron chi connectivity index (χ0n) is 20.2. The molecule has 0 aliphatic carbocycles. The average Bonchev–Trinajstić information content (AvgIpc) is 3.34. The molecule has 182 valence electrons. The van der Waals surface area contributed by atoms with Crippen LogP contribution >= 0.6 is 33.9 Å². The Bertz CT molecular complexity index is 1800. The number of thiophene rings is 1. The maximum atomic E-state index is 11.8. The highest BCUT2D eigenvalue weighted by atomic mass is 127. The molecule has 0 fully saturated rings. The SMILES string of the molecule is C=CC(=O)Oc1ccccc1C(I)CCCc1cc2ccccc2c2c1sc1ccc3ccccc3c12. The number of esters is 1. The molecule has 4 heteroatoms. The standard InChI is InChI=1S/C33H25IO2S/c1-2-30(35)36-28-17-8-7-15-26(28)27(34)16-9-12-23-20-22-11-4-6-14-25(22)32-31-24-13-5-3-10-21(24)18-19-29(31)37-33(23)32/h2-8,10-11,13-15,17-20,27H,1,9,12,16H2. The summed E-state index contributed by atoms with van der Waals surface area (Å²) < 4.78 is 8.48. The van der Waals surface area contributed by atoms with E-state index in [0.717, 1.165) is 24.8 Å². The first-order valence-electron chi connectivity index (χ1n) is 12.5. The van der Waals surface area contributed by atoms with Gasteiger partial charge in [0.1, 0.15) is 5.75 Å². The molecule has 6 rings (SSSR count). The number of aryl methyl sites for hydroxylation is 1. The molecule has 1 unspecified atom stereocenters. The first kappa shape index (κ1) is 24.1. The van der Waals surface area contributed by atoms with E-state index >= 15 is 0 Å². The molecule has 37 heavy (non-hydrogen) atoms. The third-order valence-corrected chi connectivity index (χ3v) is 9.49. The third-order valence-electron chi connectivity index (χ3n) is 6.97. The van der Waals surface area contributed by atoms with Crippen molar-refractivity contribution >= 4 is 81.6 Å². The number of benzene rings is 5. The van der Waals surface area contributed by atoms with Crippen molar-refractivity contribution in [3.63, 3.8) is 0 Å². The second-order valence-electron chi connectivity index (χ2n) is 9.25. The highest BCUT2D eigenvalue weighted by Crippen LogP contribution is 2.44. The molecule has 1 atom stereocenters. The van der Waals surface area contributed by atoms with Crippen LogP contribution in [0.1, 0.15) is 27.9 Å². The molecule has 2 nitrogen and oxygen atoms in total. The number of hydrogen-bond donors (Lipinski definition) is 0. The molecule has 1 heterocycles. The van der Waals surface area contributed by atoms with Gasteiger partial charge in [-0.25, -0.2) is 4.79 Å². The normalized spacial score (nSPS) is 12.4. The Hall–Kier alpha value is -3.22. The van der Waals surface area contributed by atoms with Crippen molar-refractivity contribution in [1.29, 1.82) is 0 Å². The number of hydrogen-bond acceptors (Lipinski definition) is 3. The van der Waals surface area contributed by atoms with E-state index in [4.69, 9.17) is 4.74 Å². The molecule has 0 aliphatic rings. The summed E-state index contributed by atoms with van der Waals surface area (Å²) in [6, 6.07) is 32.2. The third kappa shape index (κ3) is 4.53. The van der Waals surface area contributed by atoms with Crippen molar-refractivity contribution in [2.75, 3.05) is 0 Å². The number of rotatable bonds is 7. The lowest BCUT2D eigenvalue weighted by Crippen LogP contribution is -2.06. The number of carbonyl (C=O) groups is 1. The Morgan fingerprint density at radius 3 is 2.41 bits per heavy atom. The maximum absolute atomic E-state index is 11.8. The molecule has 0 spiro atoms. The van der Waals surface area contributed by atoms with Crippen molar-refractivity contribution < 1.29 is 9.53 Å². The van der Waals surface area contributed by atoms with Crippen molar-refractivity contribution in [3.05, 3.63) is 115 Å². The minimum Gasteiger partial charge on any atom is -0.423 e. The summed E-state index contributed by atoms with van der Waals surface area (Å²) in [6.45, 7) is 3.52. The van der Waals surface area contributed by atoms with Gasteiger partial charge < -0.3 is 4.74 Å². The maximum Gasteiger partial charge on any atom is 0.335 e. The molecule has 0 saturated heterocycles. The Balaban J connectivity index is 1.36. The predicted molar refractivity (Wildman–Crippen MR) is 166 cm³/mol. The van der Waals surface area contributed by atoms with E-state index in [-0.39, 0.29) is 3.92 Å². The zero-order valence-corrected chi connectivity index (χ0v) is 23.2. The number of ether oxygens (including phenoxy) is 1. The minimum atomic E-state index is -0.424. The molecule has 0 N–H and O–H groups in total. The Morgan fingerprint density at radius 1 is 0.892 bits per heavy atom. The van der Waals surface area contributed by atoms with Gasteiger partial charge in [-0.05, 0) is 64.6 Å². The average molecular weight is 613 g/mol. The molecule has 0 aliphatic heterocycles. The lowest BCUT2D eigenvalue weighted by atomic mass is 9.95. The number of alkyl halides is 1. The summed E-state index contributed by atoms with van der Waals surface area (Å²) in [6.07, 6.45) is 4.24. The second-order valence-corrected chi connectivity index (χ2v) is 11.8. The fraction of sp³-hybridized carbons (Fsp3) is 0.121. The van der Waals surface area contributed by atoms with Gasteiger partial charge in [0.05, 0.1) is 0 Å². The van der Waals surface area contributed by atoms with Crippen molar-refractivity contribution in [2.45, 2.75) is 23.2 Å². The molecule has 1 aromatic heterocycles. The highest BCUT2D eigenvalue weighted by Gasteiger charge is 2.17. The van der Waals surface area contributed by atoms with Crippen LogP contribution in [0.25, 0.3) is 41.7 Å². The van der Waals surface area contributed by atoms with Crippen LogP contribution in [0, 0.1) is 0 Å². The van der Waals surface area contributed by atoms with E-state index in [9.17, 15) is 4.79 Å². The van der Waals surface area contributed by atoms with E-state index in [1.165, 1.54) is 53.4 Å². The van der Waals surface area contributed by atoms with Gasteiger partial charge in [0.25, 0.3) is 0 Å². The van der Waals surface area contributed by atoms with Crippen molar-refractivity contribution in [3.8, 4) is 5.75 Å². The van der Waals surface area contributed by atoms with Crippen LogP contribution in [0.5, 0.6) is 5.75 Å². The van der Waals surface area contributed by atoms with Crippen molar-refractivity contribution in [1.82, 2.24) is 0 Å². The van der Waals surface area contributed by atoms with Crippen LogP contribution in [0.4, 0.5) is 0 Å². The fourth-order valence-electron chi connectivity index (χ4n) is 5.25. The summed E-state index contributed by atoms with van der Waals surface area (Å²) in [5.74, 6) is 0.197. The van der Waals surface area contributed by atoms with E-state index in [1.807, 2.05) is 35.6 Å². The van der Waals surface area contributed by atoms with Gasteiger partial charge >= 0.3 is 5.97 Å². The summed E-state index contributed by atoms with van der Waals surface area (Å²) >= 11 is 4.39. The fourth-order valence-corrected chi connectivity index (χ4v) is 7.48. The van der Waals surface area contributed by atoms with Crippen LogP contribution in [0.2, 0.25) is 0 Å². The van der Waals surface area contributed by atoms with E-state index in [1.54, 1.807) is 0 Å². The van der Waals surface area contributed by atoms with Gasteiger partial charge in [-0.3, -0.25) is 0 Å². The number of halogens is 1. The van der Waals surface area contributed by atoms with Gasteiger partial charge in [0.2, 0.25) is 0 Å². The molecule has 0 saturated carbocycles. The van der Waals surface area contributed by atoms with Gasteiger partial charge in [-0.1, -0.05) is 102 Å². The largest absolute Gasteiger partial charge is 0.423 e. The topological polar surface area (TPSA) is 26.3 Å². The second kappa shape index (κ2) is 10.3. The van der Waals surface area contributed by atoms with E-state index in [2.05, 4.69) is 95.9 Å². The number of fused-ring (bicyclic) bond motifs is 7. The summed E-state index contributed by atoms with van der Waals surface area (Å²) in [4.78, 5) is 11.8. The van der Waals surface area contributed by atoms with Crippen LogP contribution in [-0.2, 0) is 11.2 Å². The highest BCUT2D eigenvalue weighted by molar-refractivity contribution is 14.1. The monoisotopic (exact) mass is 612 g/mol. The number of carbonyl (C=O) groups excluding carboxylic acids is 1. The molecule has 0 amide bonds. The minimum absolute atomic E-state index is 0.244.